The number of halogens is 1. The molecule has 4 nitrogen and oxygen atoms in total. The van der Waals surface area contributed by atoms with Crippen LogP contribution in [0.2, 0.25) is 0 Å². The van der Waals surface area contributed by atoms with Crippen molar-refractivity contribution in [1.82, 2.24) is 0 Å². The number of benzene rings is 2. The molecule has 2 rings (SSSR count). The molecular weight excluding hydrogens is 273 g/mol. The number of hydrogen-bond donors (Lipinski definition) is 0. The molecule has 2 aromatic carbocycles. The van der Waals surface area contributed by atoms with Crippen LogP contribution in [0.25, 0.3) is 6.08 Å². The van der Waals surface area contributed by atoms with Crippen LogP contribution >= 0.6 is 0 Å². The highest BCUT2D eigenvalue weighted by atomic mass is 19.1. The molecule has 0 aliphatic rings. The van der Waals surface area contributed by atoms with Crippen molar-refractivity contribution in [2.45, 2.75) is 13.5 Å². The molecule has 108 valence electrons. The van der Waals surface area contributed by atoms with Gasteiger partial charge in [-0.25, -0.2) is 4.39 Å². The van der Waals surface area contributed by atoms with Crippen LogP contribution in [-0.2, 0) is 6.61 Å². The second-order valence-corrected chi connectivity index (χ2v) is 4.51. The first-order valence-corrected chi connectivity index (χ1v) is 6.35. The van der Waals surface area contributed by atoms with Gasteiger partial charge in [-0.05, 0) is 23.3 Å². The van der Waals surface area contributed by atoms with Crippen molar-refractivity contribution in [1.29, 1.82) is 0 Å². The van der Waals surface area contributed by atoms with E-state index in [2.05, 4.69) is 0 Å². The van der Waals surface area contributed by atoms with Crippen molar-refractivity contribution in [2.75, 3.05) is 0 Å². The molecule has 0 N–H and O–H groups in total. The topological polar surface area (TPSA) is 52.4 Å². The number of nitrogens with zero attached hydrogens (tertiary/aromatic N) is 1. The molecule has 0 radical (unpaired) electrons. The lowest BCUT2D eigenvalue weighted by Gasteiger charge is -2.08. The minimum atomic E-state index is -0.498. The third kappa shape index (κ3) is 4.14. The Balaban J connectivity index is 2.16. The summed E-state index contributed by atoms with van der Waals surface area (Å²) in [5.41, 5.74) is 1.42. The van der Waals surface area contributed by atoms with Gasteiger partial charge in [0.1, 0.15) is 6.61 Å². The summed E-state index contributed by atoms with van der Waals surface area (Å²) in [5, 5.41) is 10.6. The summed E-state index contributed by atoms with van der Waals surface area (Å²) in [7, 11) is 0. The number of rotatable bonds is 5. The van der Waals surface area contributed by atoms with E-state index >= 15 is 0 Å². The van der Waals surface area contributed by atoms with E-state index < -0.39 is 10.7 Å². The fraction of sp³-hybridized carbons (Fsp3) is 0.125. The van der Waals surface area contributed by atoms with Crippen molar-refractivity contribution >= 4 is 6.08 Å². The fourth-order valence-corrected chi connectivity index (χ4v) is 1.75. The van der Waals surface area contributed by atoms with Crippen LogP contribution in [0.4, 0.5) is 4.39 Å². The van der Waals surface area contributed by atoms with E-state index in [9.17, 15) is 14.5 Å². The molecule has 0 spiro atoms. The van der Waals surface area contributed by atoms with E-state index in [0.717, 1.165) is 5.56 Å². The lowest BCUT2D eigenvalue weighted by molar-refractivity contribution is -0.422. The highest BCUT2D eigenvalue weighted by molar-refractivity contribution is 5.53. The van der Waals surface area contributed by atoms with Crippen LogP contribution in [0.5, 0.6) is 5.75 Å². The van der Waals surface area contributed by atoms with Crippen LogP contribution in [-0.4, -0.2) is 4.92 Å². The van der Waals surface area contributed by atoms with Crippen molar-refractivity contribution in [3.05, 3.63) is 81.3 Å². The molecule has 0 aliphatic heterocycles. The SMILES string of the molecule is CC(=Cc1ccc(F)c(OCc2ccccc2)c1)[N+](=O)[O-]. The van der Waals surface area contributed by atoms with Gasteiger partial charge in [0.15, 0.2) is 11.6 Å². The number of ether oxygens (including phenoxy) is 1. The van der Waals surface area contributed by atoms with Gasteiger partial charge in [0.2, 0.25) is 5.70 Å². The van der Waals surface area contributed by atoms with Crippen molar-refractivity contribution in [3.8, 4) is 5.75 Å². The molecule has 0 unspecified atom stereocenters. The van der Waals surface area contributed by atoms with Crippen LogP contribution in [0.15, 0.2) is 54.2 Å². The second kappa shape index (κ2) is 6.65. The molecule has 0 saturated heterocycles. The van der Waals surface area contributed by atoms with Gasteiger partial charge in [-0.2, -0.15) is 0 Å². The van der Waals surface area contributed by atoms with Crippen LogP contribution < -0.4 is 4.74 Å². The van der Waals surface area contributed by atoms with Gasteiger partial charge in [0.05, 0.1) is 4.92 Å². The number of nitro groups is 1. The summed E-state index contributed by atoms with van der Waals surface area (Å²) in [6, 6.07) is 13.5. The van der Waals surface area contributed by atoms with Gasteiger partial charge in [-0.1, -0.05) is 36.4 Å². The van der Waals surface area contributed by atoms with Crippen molar-refractivity contribution < 1.29 is 14.1 Å². The van der Waals surface area contributed by atoms with E-state index in [4.69, 9.17) is 4.74 Å². The molecule has 0 amide bonds. The lowest BCUT2D eigenvalue weighted by Crippen LogP contribution is -1.98. The zero-order chi connectivity index (χ0) is 15.2. The highest BCUT2D eigenvalue weighted by Gasteiger charge is 2.07. The van der Waals surface area contributed by atoms with Gasteiger partial charge in [-0.3, -0.25) is 10.1 Å². The standard InChI is InChI=1S/C16H14FNO3/c1-12(18(19)20)9-14-7-8-15(17)16(10-14)21-11-13-5-3-2-4-6-13/h2-10H,11H2,1H3. The monoisotopic (exact) mass is 287 g/mol. The average Bonchev–Trinajstić information content (AvgIpc) is 2.48. The van der Waals surface area contributed by atoms with Gasteiger partial charge in [0.25, 0.3) is 0 Å². The Morgan fingerprint density at radius 1 is 1.29 bits per heavy atom. The van der Waals surface area contributed by atoms with Gasteiger partial charge < -0.3 is 4.74 Å². The summed E-state index contributed by atoms with van der Waals surface area (Å²) in [6.07, 6.45) is 1.37. The third-order valence-electron chi connectivity index (χ3n) is 2.86. The smallest absolute Gasteiger partial charge is 0.243 e. The predicted octanol–water partition coefficient (Wildman–Crippen LogP) is 4.04. The second-order valence-electron chi connectivity index (χ2n) is 4.51. The number of allylic oxidation sites excluding steroid dienone is 1. The normalized spacial score (nSPS) is 11.2. The summed E-state index contributed by atoms with van der Waals surface area (Å²) < 4.78 is 19.1. The maximum atomic E-state index is 13.7. The van der Waals surface area contributed by atoms with Gasteiger partial charge in [0, 0.05) is 13.0 Å². The molecule has 0 saturated carbocycles. The van der Waals surface area contributed by atoms with E-state index in [1.54, 1.807) is 0 Å². The summed E-state index contributed by atoms with van der Waals surface area (Å²) in [4.78, 5) is 10.1. The Kier molecular flexibility index (Phi) is 4.66. The van der Waals surface area contributed by atoms with E-state index in [-0.39, 0.29) is 18.1 Å². The molecule has 0 heterocycles. The first-order chi connectivity index (χ1) is 10.1. The first kappa shape index (κ1) is 14.7. The minimum absolute atomic E-state index is 0.0179. The van der Waals surface area contributed by atoms with E-state index in [1.165, 1.54) is 31.2 Å². The van der Waals surface area contributed by atoms with Crippen molar-refractivity contribution in [3.63, 3.8) is 0 Å². The van der Waals surface area contributed by atoms with Crippen molar-refractivity contribution in [2.24, 2.45) is 0 Å². The molecule has 0 aliphatic carbocycles. The molecule has 0 atom stereocenters. The van der Waals surface area contributed by atoms with Gasteiger partial charge >= 0.3 is 0 Å². The zero-order valence-electron chi connectivity index (χ0n) is 11.5. The summed E-state index contributed by atoms with van der Waals surface area (Å²) in [6.45, 7) is 1.62. The molecule has 2 aromatic rings. The molecular formula is C16H14FNO3. The summed E-state index contributed by atoms with van der Waals surface area (Å²) in [5.74, 6) is -0.425. The first-order valence-electron chi connectivity index (χ1n) is 6.35. The molecule has 0 fully saturated rings. The third-order valence-corrected chi connectivity index (χ3v) is 2.86. The predicted molar refractivity (Wildman–Crippen MR) is 77.8 cm³/mol. The Bertz CT molecular complexity index is 668. The zero-order valence-corrected chi connectivity index (χ0v) is 11.5. The quantitative estimate of drug-likeness (QED) is 0.616. The van der Waals surface area contributed by atoms with E-state index in [1.807, 2.05) is 30.3 Å². The highest BCUT2D eigenvalue weighted by Crippen LogP contribution is 2.21. The molecule has 21 heavy (non-hydrogen) atoms. The van der Waals surface area contributed by atoms with Crippen LogP contribution in [0.1, 0.15) is 18.1 Å². The van der Waals surface area contributed by atoms with Crippen LogP contribution in [0.3, 0.4) is 0 Å². The Morgan fingerprint density at radius 2 is 2.00 bits per heavy atom. The molecule has 0 aromatic heterocycles. The van der Waals surface area contributed by atoms with Gasteiger partial charge in [-0.15, -0.1) is 0 Å². The summed E-state index contributed by atoms with van der Waals surface area (Å²) >= 11 is 0. The fourth-order valence-electron chi connectivity index (χ4n) is 1.75. The number of hydrogen-bond acceptors (Lipinski definition) is 3. The minimum Gasteiger partial charge on any atom is -0.486 e. The Morgan fingerprint density at radius 3 is 2.67 bits per heavy atom. The largest absolute Gasteiger partial charge is 0.486 e. The Hall–Kier alpha value is -2.69. The molecule has 5 heteroatoms. The lowest BCUT2D eigenvalue weighted by atomic mass is 10.2. The maximum Gasteiger partial charge on any atom is 0.243 e. The van der Waals surface area contributed by atoms with Crippen LogP contribution in [0, 0.1) is 15.9 Å². The molecule has 0 bridgehead atoms. The Labute approximate surface area is 121 Å². The van der Waals surface area contributed by atoms with E-state index in [0.29, 0.717) is 5.56 Å². The maximum absolute atomic E-state index is 13.7. The average molecular weight is 287 g/mol.